The van der Waals surface area contributed by atoms with Gasteiger partial charge in [-0.25, -0.2) is 4.39 Å². The first-order valence-corrected chi connectivity index (χ1v) is 7.12. The number of anilines is 2. The second-order valence-electron chi connectivity index (χ2n) is 5.15. The molecular weight excluding hydrogens is 267 g/mol. The summed E-state index contributed by atoms with van der Waals surface area (Å²) >= 11 is 0. The topological polar surface area (TPSA) is 32.3 Å². The maximum atomic E-state index is 12.9. The molecule has 0 bridgehead atoms. The number of carbonyl (C=O) groups is 1. The maximum absolute atomic E-state index is 12.9. The fourth-order valence-corrected chi connectivity index (χ4v) is 2.56. The molecule has 2 aromatic rings. The normalized spacial score (nSPS) is 14.5. The quantitative estimate of drug-likeness (QED) is 0.931. The lowest BCUT2D eigenvalue weighted by Gasteiger charge is -2.20. The van der Waals surface area contributed by atoms with E-state index in [0.717, 1.165) is 29.9 Å². The molecule has 0 aliphatic carbocycles. The minimum atomic E-state index is -0.234. The third kappa shape index (κ3) is 3.05. The van der Waals surface area contributed by atoms with Gasteiger partial charge in [0.2, 0.25) is 5.91 Å². The van der Waals surface area contributed by atoms with Crippen molar-refractivity contribution >= 4 is 17.3 Å². The summed E-state index contributed by atoms with van der Waals surface area (Å²) in [7, 11) is 0. The zero-order valence-corrected chi connectivity index (χ0v) is 11.7. The second-order valence-corrected chi connectivity index (χ2v) is 5.15. The van der Waals surface area contributed by atoms with Gasteiger partial charge in [-0.15, -0.1) is 0 Å². The summed E-state index contributed by atoms with van der Waals surface area (Å²) in [6, 6.07) is 14.2. The number of halogens is 1. The fourth-order valence-electron chi connectivity index (χ4n) is 2.56. The van der Waals surface area contributed by atoms with Crippen LogP contribution < -0.4 is 10.2 Å². The lowest BCUT2D eigenvalue weighted by Crippen LogP contribution is -2.24. The lowest BCUT2D eigenvalue weighted by molar-refractivity contribution is -0.117. The molecule has 0 saturated carbocycles. The first-order chi connectivity index (χ1) is 10.2. The zero-order valence-electron chi connectivity index (χ0n) is 11.7. The Morgan fingerprint density at radius 1 is 1.10 bits per heavy atom. The maximum Gasteiger partial charge on any atom is 0.227 e. The molecule has 0 spiro atoms. The van der Waals surface area contributed by atoms with E-state index in [0.29, 0.717) is 13.0 Å². The minimum Gasteiger partial charge on any atom is -0.379 e. The number of hydrogen-bond donors (Lipinski definition) is 1. The molecule has 0 atom stereocenters. The largest absolute Gasteiger partial charge is 0.379 e. The van der Waals surface area contributed by atoms with Crippen LogP contribution in [0.3, 0.4) is 0 Å². The van der Waals surface area contributed by atoms with Gasteiger partial charge in [0.25, 0.3) is 0 Å². The number of nitrogens with zero attached hydrogens (tertiary/aromatic N) is 1. The smallest absolute Gasteiger partial charge is 0.227 e. The van der Waals surface area contributed by atoms with Crippen LogP contribution in [0, 0.1) is 5.82 Å². The van der Waals surface area contributed by atoms with Crippen molar-refractivity contribution in [3.05, 3.63) is 59.9 Å². The molecule has 1 saturated heterocycles. The van der Waals surface area contributed by atoms with Gasteiger partial charge >= 0.3 is 0 Å². The Kier molecular flexibility index (Phi) is 3.86. The average Bonchev–Trinajstić information content (AvgIpc) is 2.93. The van der Waals surface area contributed by atoms with Gasteiger partial charge in [-0.1, -0.05) is 24.3 Å². The molecule has 1 heterocycles. The Balaban J connectivity index is 1.76. The molecule has 4 heteroatoms. The highest BCUT2D eigenvalue weighted by Crippen LogP contribution is 2.29. The van der Waals surface area contributed by atoms with E-state index in [-0.39, 0.29) is 11.7 Å². The van der Waals surface area contributed by atoms with Crippen molar-refractivity contribution in [2.75, 3.05) is 16.8 Å². The van der Waals surface area contributed by atoms with E-state index in [1.807, 2.05) is 29.2 Å². The standard InChI is InChI=1S/C17H17FN2O/c18-14-9-7-13(8-10-14)12-19-15-4-1-2-5-16(15)20-11-3-6-17(20)21/h1-2,4-5,7-10,19H,3,6,11-12H2. The van der Waals surface area contributed by atoms with E-state index in [1.54, 1.807) is 12.1 Å². The van der Waals surface area contributed by atoms with E-state index in [1.165, 1.54) is 12.1 Å². The molecular formula is C17H17FN2O. The highest BCUT2D eigenvalue weighted by molar-refractivity contribution is 5.98. The van der Waals surface area contributed by atoms with Gasteiger partial charge in [-0.3, -0.25) is 4.79 Å². The van der Waals surface area contributed by atoms with Crippen LogP contribution in [0.15, 0.2) is 48.5 Å². The molecule has 3 nitrogen and oxygen atoms in total. The summed E-state index contributed by atoms with van der Waals surface area (Å²) in [5.74, 6) is -0.0622. The van der Waals surface area contributed by atoms with Gasteiger partial charge in [0.1, 0.15) is 5.82 Å². The van der Waals surface area contributed by atoms with E-state index >= 15 is 0 Å². The van der Waals surface area contributed by atoms with Crippen molar-refractivity contribution in [2.45, 2.75) is 19.4 Å². The number of benzene rings is 2. The molecule has 3 rings (SSSR count). The fraction of sp³-hybridized carbons (Fsp3) is 0.235. The molecule has 1 amide bonds. The molecule has 1 fully saturated rings. The Morgan fingerprint density at radius 3 is 2.57 bits per heavy atom. The van der Waals surface area contributed by atoms with E-state index in [2.05, 4.69) is 5.32 Å². The van der Waals surface area contributed by atoms with Gasteiger partial charge in [0.15, 0.2) is 0 Å². The first kappa shape index (κ1) is 13.6. The number of amides is 1. The summed E-state index contributed by atoms with van der Waals surface area (Å²) in [4.78, 5) is 13.7. The van der Waals surface area contributed by atoms with Gasteiger partial charge in [0, 0.05) is 19.5 Å². The second kappa shape index (κ2) is 5.95. The Bertz CT molecular complexity index is 639. The van der Waals surface area contributed by atoms with Gasteiger partial charge in [-0.05, 0) is 36.2 Å². The molecule has 0 radical (unpaired) electrons. The lowest BCUT2D eigenvalue weighted by atomic mass is 10.2. The Hall–Kier alpha value is -2.36. The van der Waals surface area contributed by atoms with Gasteiger partial charge in [-0.2, -0.15) is 0 Å². The predicted molar refractivity (Wildman–Crippen MR) is 81.8 cm³/mol. The van der Waals surface area contributed by atoms with Crippen LogP contribution in [-0.2, 0) is 11.3 Å². The van der Waals surface area contributed by atoms with Crippen molar-refractivity contribution in [1.82, 2.24) is 0 Å². The Labute approximate surface area is 123 Å². The molecule has 108 valence electrons. The van der Waals surface area contributed by atoms with Crippen molar-refractivity contribution in [3.8, 4) is 0 Å². The Morgan fingerprint density at radius 2 is 1.86 bits per heavy atom. The molecule has 0 aromatic heterocycles. The number of hydrogen-bond acceptors (Lipinski definition) is 2. The van der Waals surface area contributed by atoms with Gasteiger partial charge < -0.3 is 10.2 Å². The van der Waals surface area contributed by atoms with E-state index in [9.17, 15) is 9.18 Å². The number of carbonyl (C=O) groups excluding carboxylic acids is 1. The monoisotopic (exact) mass is 284 g/mol. The molecule has 21 heavy (non-hydrogen) atoms. The van der Waals surface area contributed by atoms with Crippen LogP contribution >= 0.6 is 0 Å². The summed E-state index contributed by atoms with van der Waals surface area (Å²) in [6.07, 6.45) is 1.53. The minimum absolute atomic E-state index is 0.172. The van der Waals surface area contributed by atoms with Crippen LogP contribution in [0.25, 0.3) is 0 Å². The SMILES string of the molecule is O=C1CCCN1c1ccccc1NCc1ccc(F)cc1. The highest BCUT2D eigenvalue weighted by atomic mass is 19.1. The van der Waals surface area contributed by atoms with E-state index < -0.39 is 0 Å². The van der Waals surface area contributed by atoms with Crippen molar-refractivity contribution in [2.24, 2.45) is 0 Å². The highest BCUT2D eigenvalue weighted by Gasteiger charge is 2.23. The molecule has 1 aliphatic heterocycles. The third-order valence-electron chi connectivity index (χ3n) is 3.66. The van der Waals surface area contributed by atoms with Crippen LogP contribution in [0.1, 0.15) is 18.4 Å². The summed E-state index contributed by atoms with van der Waals surface area (Å²) in [5, 5.41) is 3.33. The molecule has 1 N–H and O–H groups in total. The average molecular weight is 284 g/mol. The van der Waals surface area contributed by atoms with Crippen LogP contribution in [0.4, 0.5) is 15.8 Å². The van der Waals surface area contributed by atoms with Gasteiger partial charge in [0.05, 0.1) is 11.4 Å². The van der Waals surface area contributed by atoms with Crippen LogP contribution in [0.2, 0.25) is 0 Å². The van der Waals surface area contributed by atoms with Crippen LogP contribution in [-0.4, -0.2) is 12.5 Å². The zero-order chi connectivity index (χ0) is 14.7. The molecule has 2 aromatic carbocycles. The predicted octanol–water partition coefficient (Wildman–Crippen LogP) is 3.56. The first-order valence-electron chi connectivity index (χ1n) is 7.12. The van der Waals surface area contributed by atoms with Crippen molar-refractivity contribution in [3.63, 3.8) is 0 Å². The van der Waals surface area contributed by atoms with Crippen molar-refractivity contribution < 1.29 is 9.18 Å². The number of rotatable bonds is 4. The molecule has 1 aliphatic rings. The van der Waals surface area contributed by atoms with Crippen LogP contribution in [0.5, 0.6) is 0 Å². The molecule has 0 unspecified atom stereocenters. The van der Waals surface area contributed by atoms with E-state index in [4.69, 9.17) is 0 Å². The number of para-hydroxylation sites is 2. The summed E-state index contributed by atoms with van der Waals surface area (Å²) < 4.78 is 12.9. The third-order valence-corrected chi connectivity index (χ3v) is 3.66. The number of nitrogens with one attached hydrogen (secondary N) is 1. The summed E-state index contributed by atoms with van der Waals surface area (Å²) in [5.41, 5.74) is 2.85. The summed E-state index contributed by atoms with van der Waals surface area (Å²) in [6.45, 7) is 1.37. The van der Waals surface area contributed by atoms with Crippen molar-refractivity contribution in [1.29, 1.82) is 0 Å².